The second-order valence-electron chi connectivity index (χ2n) is 4.83. The van der Waals surface area contributed by atoms with E-state index in [-0.39, 0.29) is 17.6 Å². The van der Waals surface area contributed by atoms with Crippen molar-refractivity contribution in [1.82, 2.24) is 0 Å². The molecule has 0 aliphatic rings. The van der Waals surface area contributed by atoms with Crippen molar-refractivity contribution in [3.05, 3.63) is 65.5 Å². The van der Waals surface area contributed by atoms with E-state index in [2.05, 4.69) is 5.32 Å². The van der Waals surface area contributed by atoms with Crippen molar-refractivity contribution < 1.29 is 9.52 Å². The first-order valence-corrected chi connectivity index (χ1v) is 6.70. The van der Waals surface area contributed by atoms with Gasteiger partial charge in [0.15, 0.2) is 0 Å². The van der Waals surface area contributed by atoms with Gasteiger partial charge in [-0.2, -0.15) is 0 Å². The molecular formula is C16H18N2O2. The third kappa shape index (κ3) is 3.82. The van der Waals surface area contributed by atoms with E-state index in [1.807, 2.05) is 37.3 Å². The molecular weight excluding hydrogens is 252 g/mol. The van der Waals surface area contributed by atoms with Gasteiger partial charge >= 0.3 is 5.91 Å². The van der Waals surface area contributed by atoms with Crippen LogP contribution in [0.3, 0.4) is 0 Å². The Labute approximate surface area is 118 Å². The molecule has 0 spiro atoms. The first-order chi connectivity index (χ1) is 9.66. The number of aryl methyl sites for hydroxylation is 1. The summed E-state index contributed by atoms with van der Waals surface area (Å²) in [7, 11) is 0. The van der Waals surface area contributed by atoms with Crippen LogP contribution in [-0.2, 0) is 11.2 Å². The number of anilines is 1. The molecule has 0 saturated carbocycles. The lowest BCUT2D eigenvalue weighted by Gasteiger charge is -2.10. The topological polar surface area (TPSA) is 56.0 Å². The Bertz CT molecular complexity index is 570. The summed E-state index contributed by atoms with van der Waals surface area (Å²) in [6.07, 6.45) is 2.97. The minimum atomic E-state index is -0.143. The molecule has 0 fully saturated rings. The van der Waals surface area contributed by atoms with Crippen molar-refractivity contribution >= 4 is 11.7 Å². The van der Waals surface area contributed by atoms with E-state index >= 15 is 0 Å². The molecule has 2 rings (SSSR count). The number of hydrogen-bond acceptors (Lipinski definition) is 2. The van der Waals surface area contributed by atoms with Gasteiger partial charge in [0, 0.05) is 6.07 Å². The van der Waals surface area contributed by atoms with E-state index in [4.69, 9.17) is 0 Å². The lowest BCUT2D eigenvalue weighted by molar-refractivity contribution is -0.590. The van der Waals surface area contributed by atoms with Gasteiger partial charge in [-0.15, -0.1) is 0 Å². The Morgan fingerprint density at radius 1 is 1.20 bits per heavy atom. The summed E-state index contributed by atoms with van der Waals surface area (Å²) in [5, 5.41) is 14.1. The Kier molecular flexibility index (Phi) is 4.71. The van der Waals surface area contributed by atoms with Crippen molar-refractivity contribution in [3.63, 3.8) is 0 Å². The largest absolute Gasteiger partial charge is 0.711 e. The molecule has 4 nitrogen and oxygen atoms in total. The maximum atomic E-state index is 12.0. The van der Waals surface area contributed by atoms with Gasteiger partial charge in [-0.3, -0.25) is 0 Å². The van der Waals surface area contributed by atoms with Crippen LogP contribution in [-0.4, -0.2) is 5.91 Å². The zero-order valence-electron chi connectivity index (χ0n) is 11.5. The Hall–Kier alpha value is -2.36. The molecule has 0 saturated heterocycles. The smallest absolute Gasteiger partial charge is 0.310 e. The van der Waals surface area contributed by atoms with Gasteiger partial charge in [0.1, 0.15) is 0 Å². The van der Waals surface area contributed by atoms with Crippen molar-refractivity contribution in [2.45, 2.75) is 19.8 Å². The zero-order valence-corrected chi connectivity index (χ0v) is 11.5. The lowest BCUT2D eigenvalue weighted by Crippen LogP contribution is -2.33. The van der Waals surface area contributed by atoms with Crippen LogP contribution in [0.2, 0.25) is 0 Å². The fourth-order valence-electron chi connectivity index (χ4n) is 1.93. The van der Waals surface area contributed by atoms with Crippen molar-refractivity contribution in [2.75, 3.05) is 5.32 Å². The number of pyridine rings is 1. The molecule has 0 aliphatic carbocycles. The second kappa shape index (κ2) is 6.70. The summed E-state index contributed by atoms with van der Waals surface area (Å²) >= 11 is 0. The van der Waals surface area contributed by atoms with Gasteiger partial charge in [0.25, 0.3) is 5.82 Å². The fraction of sp³-hybridized carbons (Fsp3) is 0.250. The molecule has 0 aliphatic heterocycles. The number of nitrogens with zero attached hydrogens (tertiary/aromatic N) is 1. The van der Waals surface area contributed by atoms with Gasteiger partial charge in [0.05, 0.1) is 12.1 Å². The van der Waals surface area contributed by atoms with E-state index < -0.39 is 0 Å². The third-order valence-corrected chi connectivity index (χ3v) is 3.23. The van der Waals surface area contributed by atoms with Crippen LogP contribution in [0.4, 0.5) is 5.82 Å². The number of benzene rings is 1. The molecule has 1 aromatic carbocycles. The number of nitrogens with one attached hydrogen (secondary N) is 1. The van der Waals surface area contributed by atoms with E-state index in [1.165, 1.54) is 11.8 Å². The van der Waals surface area contributed by atoms with Crippen LogP contribution in [0.5, 0.6) is 0 Å². The van der Waals surface area contributed by atoms with Gasteiger partial charge in [-0.05, 0) is 24.5 Å². The monoisotopic (exact) mass is 270 g/mol. The highest BCUT2D eigenvalue weighted by molar-refractivity contribution is 5.90. The normalized spacial score (nSPS) is 11.8. The molecule has 0 radical (unpaired) electrons. The number of hydrogen-bond donors (Lipinski definition) is 1. The Morgan fingerprint density at radius 3 is 2.60 bits per heavy atom. The molecule has 1 atom stereocenters. The van der Waals surface area contributed by atoms with Crippen molar-refractivity contribution in [1.29, 1.82) is 0 Å². The van der Waals surface area contributed by atoms with E-state index in [9.17, 15) is 10.0 Å². The van der Waals surface area contributed by atoms with E-state index in [0.717, 1.165) is 12.8 Å². The predicted octanol–water partition coefficient (Wildman–Crippen LogP) is 2.53. The summed E-state index contributed by atoms with van der Waals surface area (Å²) in [5.74, 6) is -0.00351. The quantitative estimate of drug-likeness (QED) is 0.670. The SMILES string of the molecule is CC(CCc1ccccc1)C(=O)Nc1cccc[n+]1[O-]. The van der Waals surface area contributed by atoms with Gasteiger partial charge in [-0.25, -0.2) is 14.8 Å². The predicted molar refractivity (Wildman–Crippen MR) is 78.0 cm³/mol. The summed E-state index contributed by atoms with van der Waals surface area (Å²) < 4.78 is 0.655. The van der Waals surface area contributed by atoms with Gasteiger partial charge in [0.2, 0.25) is 0 Å². The van der Waals surface area contributed by atoms with Crippen LogP contribution in [0, 0.1) is 11.1 Å². The number of rotatable bonds is 5. The minimum absolute atomic E-state index is 0.128. The molecule has 2 aromatic rings. The molecule has 1 aromatic heterocycles. The average molecular weight is 270 g/mol. The maximum Gasteiger partial charge on any atom is 0.310 e. The molecule has 1 amide bonds. The molecule has 104 valence electrons. The van der Waals surface area contributed by atoms with E-state index in [1.54, 1.807) is 18.2 Å². The van der Waals surface area contributed by atoms with Crippen LogP contribution >= 0.6 is 0 Å². The van der Waals surface area contributed by atoms with Crippen LogP contribution in [0.15, 0.2) is 54.7 Å². The van der Waals surface area contributed by atoms with Gasteiger partial charge in [-0.1, -0.05) is 43.3 Å². The van der Waals surface area contributed by atoms with Crippen LogP contribution < -0.4 is 10.0 Å². The summed E-state index contributed by atoms with van der Waals surface area (Å²) in [5.41, 5.74) is 1.21. The number of carbonyl (C=O) groups is 1. The Morgan fingerprint density at radius 2 is 1.90 bits per heavy atom. The highest BCUT2D eigenvalue weighted by atomic mass is 16.5. The average Bonchev–Trinajstić information content (AvgIpc) is 2.48. The third-order valence-electron chi connectivity index (χ3n) is 3.23. The van der Waals surface area contributed by atoms with E-state index in [0.29, 0.717) is 4.73 Å². The summed E-state index contributed by atoms with van der Waals surface area (Å²) in [4.78, 5) is 12.0. The first kappa shape index (κ1) is 14.1. The fourth-order valence-corrected chi connectivity index (χ4v) is 1.93. The lowest BCUT2D eigenvalue weighted by atomic mass is 10.0. The maximum absolute atomic E-state index is 12.0. The van der Waals surface area contributed by atoms with Crippen molar-refractivity contribution in [3.8, 4) is 0 Å². The molecule has 0 bridgehead atoms. The first-order valence-electron chi connectivity index (χ1n) is 6.70. The standard InChI is InChI=1S/C16H18N2O2/c1-13(10-11-14-7-3-2-4-8-14)16(19)17-15-9-5-6-12-18(15)20/h2-9,12-13H,10-11H2,1H3,(H,17,19). The zero-order chi connectivity index (χ0) is 14.4. The number of carbonyl (C=O) groups excluding carboxylic acids is 1. The highest BCUT2D eigenvalue weighted by Gasteiger charge is 2.18. The molecule has 20 heavy (non-hydrogen) atoms. The second-order valence-corrected chi connectivity index (χ2v) is 4.83. The van der Waals surface area contributed by atoms with Crippen LogP contribution in [0.25, 0.3) is 0 Å². The van der Waals surface area contributed by atoms with Crippen LogP contribution in [0.1, 0.15) is 18.9 Å². The summed E-state index contributed by atoms with van der Waals surface area (Å²) in [6.45, 7) is 1.87. The summed E-state index contributed by atoms with van der Waals surface area (Å²) in [6, 6.07) is 15.0. The minimum Gasteiger partial charge on any atom is -0.711 e. The van der Waals surface area contributed by atoms with Gasteiger partial charge < -0.3 is 5.21 Å². The molecule has 1 unspecified atom stereocenters. The van der Waals surface area contributed by atoms with Crippen molar-refractivity contribution in [2.24, 2.45) is 5.92 Å². The number of amides is 1. The molecule has 4 heteroatoms. The highest BCUT2D eigenvalue weighted by Crippen LogP contribution is 2.11. The molecule has 1 heterocycles. The molecule has 1 N–H and O–H groups in total. The Balaban J connectivity index is 1.88. The number of aromatic nitrogens is 1.